The van der Waals surface area contributed by atoms with Crippen molar-refractivity contribution in [2.75, 3.05) is 0 Å². The second kappa shape index (κ2) is 6.61. The van der Waals surface area contributed by atoms with Crippen molar-refractivity contribution in [2.45, 2.75) is 13.3 Å². The summed E-state index contributed by atoms with van der Waals surface area (Å²) >= 11 is 0. The summed E-state index contributed by atoms with van der Waals surface area (Å²) in [5.41, 5.74) is 3.39. The SMILES string of the molecule is [CH2][C@H](Cc1nc(-c2ccccc2)c(-c2ccccc2)o1)C(C)=N. The van der Waals surface area contributed by atoms with E-state index in [0.717, 1.165) is 22.6 Å². The van der Waals surface area contributed by atoms with Crippen LogP contribution in [0.2, 0.25) is 0 Å². The first-order valence-electron chi connectivity index (χ1n) is 7.64. The van der Waals surface area contributed by atoms with Gasteiger partial charge in [0, 0.05) is 29.2 Å². The fraction of sp³-hybridized carbons (Fsp3) is 0.150. The van der Waals surface area contributed by atoms with E-state index in [-0.39, 0.29) is 5.92 Å². The van der Waals surface area contributed by atoms with Crippen molar-refractivity contribution in [3.05, 3.63) is 73.5 Å². The first-order chi connectivity index (χ1) is 11.1. The summed E-state index contributed by atoms with van der Waals surface area (Å²) in [5.74, 6) is 1.26. The third-order valence-corrected chi connectivity index (χ3v) is 3.79. The van der Waals surface area contributed by atoms with Crippen molar-refractivity contribution in [3.8, 4) is 22.6 Å². The first kappa shape index (κ1) is 15.2. The van der Waals surface area contributed by atoms with Gasteiger partial charge in [-0.15, -0.1) is 0 Å². The van der Waals surface area contributed by atoms with Crippen LogP contribution in [0.15, 0.2) is 65.1 Å². The molecule has 3 nitrogen and oxygen atoms in total. The summed E-state index contributed by atoms with van der Waals surface area (Å²) < 4.78 is 6.03. The Morgan fingerprint density at radius 3 is 2.17 bits per heavy atom. The smallest absolute Gasteiger partial charge is 0.196 e. The summed E-state index contributed by atoms with van der Waals surface area (Å²) in [6.45, 7) is 5.75. The number of hydrogen-bond acceptors (Lipinski definition) is 3. The molecule has 0 bridgehead atoms. The minimum absolute atomic E-state index is 0.124. The molecular weight excluding hydrogens is 284 g/mol. The lowest BCUT2D eigenvalue weighted by atomic mass is 10.0. The van der Waals surface area contributed by atoms with Crippen LogP contribution in [-0.2, 0) is 6.42 Å². The predicted octanol–water partition coefficient (Wildman–Crippen LogP) is 5.04. The Kier molecular flexibility index (Phi) is 4.38. The maximum atomic E-state index is 7.71. The Morgan fingerprint density at radius 1 is 1.04 bits per heavy atom. The molecule has 115 valence electrons. The minimum atomic E-state index is -0.124. The molecule has 0 amide bonds. The van der Waals surface area contributed by atoms with E-state index in [0.29, 0.717) is 18.0 Å². The third kappa shape index (κ3) is 3.39. The van der Waals surface area contributed by atoms with E-state index in [4.69, 9.17) is 9.83 Å². The molecule has 0 spiro atoms. The van der Waals surface area contributed by atoms with E-state index >= 15 is 0 Å². The molecule has 1 N–H and O–H groups in total. The van der Waals surface area contributed by atoms with E-state index in [2.05, 4.69) is 11.9 Å². The molecule has 0 unspecified atom stereocenters. The molecule has 1 aromatic heterocycles. The molecule has 0 saturated heterocycles. The molecular formula is C20H19N2O. The van der Waals surface area contributed by atoms with Crippen LogP contribution in [0.5, 0.6) is 0 Å². The van der Waals surface area contributed by atoms with Crippen LogP contribution in [0.1, 0.15) is 12.8 Å². The highest BCUT2D eigenvalue weighted by atomic mass is 16.4. The highest BCUT2D eigenvalue weighted by molar-refractivity contribution is 5.82. The Labute approximate surface area is 136 Å². The van der Waals surface area contributed by atoms with Crippen molar-refractivity contribution < 1.29 is 4.42 Å². The molecule has 1 radical (unpaired) electrons. The lowest BCUT2D eigenvalue weighted by Crippen LogP contribution is -2.09. The van der Waals surface area contributed by atoms with Crippen LogP contribution in [-0.4, -0.2) is 10.7 Å². The highest BCUT2D eigenvalue weighted by Gasteiger charge is 2.18. The van der Waals surface area contributed by atoms with Gasteiger partial charge in [-0.3, -0.25) is 0 Å². The Balaban J connectivity index is 2.06. The molecule has 1 heterocycles. The number of nitrogens with zero attached hydrogens (tertiary/aromatic N) is 1. The van der Waals surface area contributed by atoms with Crippen LogP contribution in [0, 0.1) is 18.3 Å². The van der Waals surface area contributed by atoms with Gasteiger partial charge >= 0.3 is 0 Å². The lowest BCUT2D eigenvalue weighted by molar-refractivity contribution is 0.494. The summed E-state index contributed by atoms with van der Waals surface area (Å²) in [6.07, 6.45) is 0.530. The van der Waals surface area contributed by atoms with Crippen LogP contribution in [0.4, 0.5) is 0 Å². The topological polar surface area (TPSA) is 49.9 Å². The van der Waals surface area contributed by atoms with Crippen LogP contribution < -0.4 is 0 Å². The largest absolute Gasteiger partial charge is 0.440 e. The Bertz CT molecular complexity index is 734. The molecule has 0 aliphatic rings. The van der Waals surface area contributed by atoms with E-state index in [1.54, 1.807) is 6.92 Å². The van der Waals surface area contributed by atoms with Crippen molar-refractivity contribution in [3.63, 3.8) is 0 Å². The molecule has 1 atom stereocenters. The standard InChI is InChI=1S/C20H19N2O/c1-14(15(2)21)13-18-22-19(16-9-5-3-6-10-16)20(23-18)17-11-7-4-8-12-17/h3-12,14,21H,1,13H2,2H3/t14-/m1/s1. The van der Waals surface area contributed by atoms with Crippen LogP contribution in [0.3, 0.4) is 0 Å². The minimum Gasteiger partial charge on any atom is -0.440 e. The zero-order chi connectivity index (χ0) is 16.2. The normalized spacial score (nSPS) is 12.1. The van der Waals surface area contributed by atoms with E-state index in [1.165, 1.54) is 0 Å². The summed E-state index contributed by atoms with van der Waals surface area (Å²) in [5, 5.41) is 7.71. The number of rotatable bonds is 5. The number of hydrogen-bond donors (Lipinski definition) is 1. The molecule has 23 heavy (non-hydrogen) atoms. The maximum absolute atomic E-state index is 7.71. The lowest BCUT2D eigenvalue weighted by Gasteiger charge is -2.05. The fourth-order valence-corrected chi connectivity index (χ4v) is 2.39. The number of benzene rings is 2. The van der Waals surface area contributed by atoms with Gasteiger partial charge in [0.15, 0.2) is 11.7 Å². The van der Waals surface area contributed by atoms with E-state index in [1.807, 2.05) is 60.7 Å². The van der Waals surface area contributed by atoms with Crippen LogP contribution >= 0.6 is 0 Å². The van der Waals surface area contributed by atoms with Gasteiger partial charge in [0.05, 0.1) is 0 Å². The van der Waals surface area contributed by atoms with Gasteiger partial charge in [0.25, 0.3) is 0 Å². The second-order valence-electron chi connectivity index (χ2n) is 5.60. The van der Waals surface area contributed by atoms with Crippen molar-refractivity contribution in [2.24, 2.45) is 5.92 Å². The van der Waals surface area contributed by atoms with Crippen LogP contribution in [0.25, 0.3) is 22.6 Å². The number of oxazole rings is 1. The average Bonchev–Trinajstić information content (AvgIpc) is 3.00. The van der Waals surface area contributed by atoms with Gasteiger partial charge in [-0.05, 0) is 13.8 Å². The zero-order valence-corrected chi connectivity index (χ0v) is 13.1. The Hall–Kier alpha value is -2.68. The molecule has 0 aliphatic carbocycles. The van der Waals surface area contributed by atoms with Gasteiger partial charge in [-0.1, -0.05) is 60.7 Å². The zero-order valence-electron chi connectivity index (χ0n) is 13.1. The molecule has 3 heteroatoms. The highest BCUT2D eigenvalue weighted by Crippen LogP contribution is 2.33. The molecule has 3 aromatic rings. The van der Waals surface area contributed by atoms with Gasteiger partial charge in [0.2, 0.25) is 0 Å². The maximum Gasteiger partial charge on any atom is 0.196 e. The van der Waals surface area contributed by atoms with E-state index < -0.39 is 0 Å². The average molecular weight is 303 g/mol. The fourth-order valence-electron chi connectivity index (χ4n) is 2.39. The molecule has 2 aromatic carbocycles. The summed E-state index contributed by atoms with van der Waals surface area (Å²) in [4.78, 5) is 4.68. The summed E-state index contributed by atoms with van der Waals surface area (Å²) in [6, 6.07) is 20.0. The van der Waals surface area contributed by atoms with Crippen molar-refractivity contribution in [1.82, 2.24) is 4.98 Å². The quantitative estimate of drug-likeness (QED) is 0.671. The second-order valence-corrected chi connectivity index (χ2v) is 5.60. The molecule has 0 fully saturated rings. The number of nitrogens with one attached hydrogen (secondary N) is 1. The molecule has 3 rings (SSSR count). The predicted molar refractivity (Wildman–Crippen MR) is 93.3 cm³/mol. The van der Waals surface area contributed by atoms with Gasteiger partial charge in [-0.25, -0.2) is 4.98 Å². The first-order valence-corrected chi connectivity index (χ1v) is 7.64. The third-order valence-electron chi connectivity index (χ3n) is 3.79. The van der Waals surface area contributed by atoms with Crippen molar-refractivity contribution >= 4 is 5.71 Å². The molecule has 0 saturated carbocycles. The number of aromatic nitrogens is 1. The monoisotopic (exact) mass is 303 g/mol. The van der Waals surface area contributed by atoms with Gasteiger partial charge in [0.1, 0.15) is 5.69 Å². The Morgan fingerprint density at radius 2 is 1.61 bits per heavy atom. The van der Waals surface area contributed by atoms with Gasteiger partial charge in [-0.2, -0.15) is 0 Å². The summed E-state index contributed by atoms with van der Waals surface area (Å²) in [7, 11) is 0. The molecule has 0 aliphatic heterocycles. The van der Waals surface area contributed by atoms with E-state index in [9.17, 15) is 0 Å². The van der Waals surface area contributed by atoms with Gasteiger partial charge < -0.3 is 9.83 Å². The van der Waals surface area contributed by atoms with Crippen molar-refractivity contribution in [1.29, 1.82) is 5.41 Å².